The van der Waals surface area contributed by atoms with E-state index in [0.29, 0.717) is 6.04 Å². The Kier molecular flexibility index (Phi) is 5.82. The number of hydrogen-bond donors (Lipinski definition) is 1. The third kappa shape index (κ3) is 3.72. The van der Waals surface area contributed by atoms with Crippen molar-refractivity contribution in [2.45, 2.75) is 45.2 Å². The van der Waals surface area contributed by atoms with Crippen molar-refractivity contribution in [1.82, 2.24) is 10.2 Å². The van der Waals surface area contributed by atoms with E-state index in [2.05, 4.69) is 24.1 Å². The fraction of sp³-hybridized carbons (Fsp3) is 0.625. The van der Waals surface area contributed by atoms with E-state index in [1.807, 2.05) is 6.07 Å². The number of hydrogen-bond acceptors (Lipinski definition) is 2. The van der Waals surface area contributed by atoms with Crippen LogP contribution in [0.15, 0.2) is 18.2 Å². The summed E-state index contributed by atoms with van der Waals surface area (Å²) >= 11 is 5.92. The molecule has 0 saturated carbocycles. The van der Waals surface area contributed by atoms with Gasteiger partial charge in [0.25, 0.3) is 0 Å². The molecule has 1 aromatic carbocycles. The first kappa shape index (κ1) is 15.7. The lowest BCUT2D eigenvalue weighted by Gasteiger charge is -2.39. The second-order valence-corrected chi connectivity index (χ2v) is 5.99. The summed E-state index contributed by atoms with van der Waals surface area (Å²) in [6, 6.07) is 5.91. The number of nitrogens with zero attached hydrogens (tertiary/aromatic N) is 1. The molecule has 0 radical (unpaired) electrons. The molecule has 1 aliphatic heterocycles. The molecule has 1 heterocycles. The molecule has 2 nitrogen and oxygen atoms in total. The van der Waals surface area contributed by atoms with Gasteiger partial charge in [0.05, 0.1) is 5.02 Å². The predicted molar refractivity (Wildman–Crippen MR) is 82.7 cm³/mol. The molecular formula is C16H24ClFN2. The van der Waals surface area contributed by atoms with E-state index in [-0.39, 0.29) is 16.9 Å². The quantitative estimate of drug-likeness (QED) is 0.884. The monoisotopic (exact) mass is 298 g/mol. The maximum absolute atomic E-state index is 13.3. The lowest BCUT2D eigenvalue weighted by Crippen LogP contribution is -2.47. The third-order valence-electron chi connectivity index (χ3n) is 4.15. The molecule has 20 heavy (non-hydrogen) atoms. The Morgan fingerprint density at radius 2 is 2.30 bits per heavy atom. The molecule has 0 spiro atoms. The van der Waals surface area contributed by atoms with Gasteiger partial charge < -0.3 is 5.32 Å². The van der Waals surface area contributed by atoms with Crippen molar-refractivity contribution >= 4 is 11.6 Å². The van der Waals surface area contributed by atoms with Gasteiger partial charge in [-0.15, -0.1) is 0 Å². The second-order valence-electron chi connectivity index (χ2n) is 5.59. The summed E-state index contributed by atoms with van der Waals surface area (Å²) in [6.45, 7) is 7.61. The summed E-state index contributed by atoms with van der Waals surface area (Å²) in [7, 11) is 0. The van der Waals surface area contributed by atoms with Gasteiger partial charge in [-0.05, 0) is 57.0 Å². The van der Waals surface area contributed by atoms with Crippen LogP contribution in [0.4, 0.5) is 4.39 Å². The molecule has 2 atom stereocenters. The molecular weight excluding hydrogens is 275 g/mol. The van der Waals surface area contributed by atoms with Crippen LogP contribution in [-0.2, 0) is 0 Å². The molecule has 2 unspecified atom stereocenters. The van der Waals surface area contributed by atoms with Gasteiger partial charge in [-0.1, -0.05) is 24.6 Å². The highest BCUT2D eigenvalue weighted by Gasteiger charge is 2.25. The topological polar surface area (TPSA) is 15.3 Å². The van der Waals surface area contributed by atoms with Crippen molar-refractivity contribution in [3.8, 4) is 0 Å². The van der Waals surface area contributed by atoms with Crippen LogP contribution in [0.25, 0.3) is 0 Å². The van der Waals surface area contributed by atoms with Crippen molar-refractivity contribution in [2.75, 3.05) is 19.6 Å². The van der Waals surface area contributed by atoms with Crippen molar-refractivity contribution < 1.29 is 4.39 Å². The van der Waals surface area contributed by atoms with Crippen LogP contribution in [0.5, 0.6) is 0 Å². The molecule has 0 aliphatic carbocycles. The molecule has 1 aromatic rings. The lowest BCUT2D eigenvalue weighted by molar-refractivity contribution is 0.120. The van der Waals surface area contributed by atoms with Gasteiger partial charge in [0.1, 0.15) is 5.82 Å². The van der Waals surface area contributed by atoms with Crippen LogP contribution in [0.2, 0.25) is 5.02 Å². The molecule has 4 heteroatoms. The van der Waals surface area contributed by atoms with Crippen LogP contribution < -0.4 is 5.32 Å². The van der Waals surface area contributed by atoms with Gasteiger partial charge >= 0.3 is 0 Å². The molecule has 1 fully saturated rings. The summed E-state index contributed by atoms with van der Waals surface area (Å²) in [5, 5.41) is 3.69. The van der Waals surface area contributed by atoms with Crippen LogP contribution in [0.1, 0.15) is 44.7 Å². The minimum atomic E-state index is -0.344. The molecule has 0 amide bonds. The van der Waals surface area contributed by atoms with Gasteiger partial charge in [0, 0.05) is 18.6 Å². The summed E-state index contributed by atoms with van der Waals surface area (Å²) in [4.78, 5) is 2.52. The Labute approximate surface area is 126 Å². The minimum absolute atomic E-state index is 0.215. The largest absolute Gasteiger partial charge is 0.315 e. The molecule has 1 N–H and O–H groups in total. The Morgan fingerprint density at radius 3 is 2.90 bits per heavy atom. The van der Waals surface area contributed by atoms with Crippen LogP contribution in [0.3, 0.4) is 0 Å². The van der Waals surface area contributed by atoms with E-state index < -0.39 is 0 Å². The minimum Gasteiger partial charge on any atom is -0.315 e. The highest BCUT2D eigenvalue weighted by Crippen LogP contribution is 2.28. The number of benzene rings is 1. The molecule has 0 aromatic heterocycles. The van der Waals surface area contributed by atoms with Gasteiger partial charge in [-0.3, -0.25) is 4.90 Å². The predicted octanol–water partition coefficient (Wildman–Crippen LogP) is 4.00. The van der Waals surface area contributed by atoms with Crippen molar-refractivity contribution in [1.29, 1.82) is 0 Å². The fourth-order valence-electron chi connectivity index (χ4n) is 3.03. The molecule has 1 aliphatic rings. The molecule has 0 bridgehead atoms. The van der Waals surface area contributed by atoms with Gasteiger partial charge in [-0.25, -0.2) is 4.39 Å². The summed E-state index contributed by atoms with van der Waals surface area (Å²) in [6.07, 6.45) is 3.57. The first-order chi connectivity index (χ1) is 9.63. The molecule has 2 rings (SSSR count). The SMILES string of the molecule is CCCN(C1CCCNC1)C(C)c1ccc(F)c(Cl)c1. The van der Waals surface area contributed by atoms with Crippen LogP contribution >= 0.6 is 11.6 Å². The maximum Gasteiger partial charge on any atom is 0.141 e. The Morgan fingerprint density at radius 1 is 1.50 bits per heavy atom. The molecule has 1 saturated heterocycles. The fourth-order valence-corrected chi connectivity index (χ4v) is 3.22. The Hall–Kier alpha value is -0.640. The highest BCUT2D eigenvalue weighted by molar-refractivity contribution is 6.30. The van der Waals surface area contributed by atoms with E-state index in [9.17, 15) is 4.39 Å². The summed E-state index contributed by atoms with van der Waals surface area (Å²) < 4.78 is 13.3. The smallest absolute Gasteiger partial charge is 0.141 e. The Balaban J connectivity index is 2.16. The second kappa shape index (κ2) is 7.39. The van der Waals surface area contributed by atoms with Crippen molar-refractivity contribution in [3.63, 3.8) is 0 Å². The van der Waals surface area contributed by atoms with E-state index in [4.69, 9.17) is 11.6 Å². The number of halogens is 2. The number of piperidine rings is 1. The summed E-state index contributed by atoms with van der Waals surface area (Å²) in [5.41, 5.74) is 1.09. The van der Waals surface area contributed by atoms with Gasteiger partial charge in [0.2, 0.25) is 0 Å². The zero-order valence-corrected chi connectivity index (χ0v) is 13.1. The van der Waals surface area contributed by atoms with E-state index in [1.165, 1.54) is 18.9 Å². The van der Waals surface area contributed by atoms with E-state index >= 15 is 0 Å². The zero-order chi connectivity index (χ0) is 14.5. The van der Waals surface area contributed by atoms with Crippen LogP contribution in [0, 0.1) is 5.82 Å². The average Bonchev–Trinajstić information content (AvgIpc) is 2.48. The summed E-state index contributed by atoms with van der Waals surface area (Å²) in [5.74, 6) is -0.344. The normalized spacial score (nSPS) is 21.1. The standard InChI is InChI=1S/C16H24ClFN2/c1-3-9-20(14-5-4-8-19-11-14)12(2)13-6-7-16(18)15(17)10-13/h6-7,10,12,14,19H,3-5,8-9,11H2,1-2H3. The third-order valence-corrected chi connectivity index (χ3v) is 4.43. The van der Waals surface area contributed by atoms with E-state index in [0.717, 1.165) is 31.6 Å². The van der Waals surface area contributed by atoms with Gasteiger partial charge in [-0.2, -0.15) is 0 Å². The molecule has 112 valence electrons. The zero-order valence-electron chi connectivity index (χ0n) is 12.3. The van der Waals surface area contributed by atoms with Gasteiger partial charge in [0.15, 0.2) is 0 Å². The average molecular weight is 299 g/mol. The van der Waals surface area contributed by atoms with Crippen molar-refractivity contribution in [2.24, 2.45) is 0 Å². The number of rotatable bonds is 5. The maximum atomic E-state index is 13.3. The number of nitrogens with one attached hydrogen (secondary N) is 1. The van der Waals surface area contributed by atoms with Crippen molar-refractivity contribution in [3.05, 3.63) is 34.6 Å². The first-order valence-corrected chi connectivity index (χ1v) is 7.92. The van der Waals surface area contributed by atoms with E-state index in [1.54, 1.807) is 6.07 Å². The lowest BCUT2D eigenvalue weighted by atomic mass is 10.00. The first-order valence-electron chi connectivity index (χ1n) is 7.55. The Bertz CT molecular complexity index is 432. The highest BCUT2D eigenvalue weighted by atomic mass is 35.5. The van der Waals surface area contributed by atoms with Crippen LogP contribution in [-0.4, -0.2) is 30.6 Å².